The first-order valence-corrected chi connectivity index (χ1v) is 11.6. The fraction of sp³-hybridized carbons (Fsp3) is 0.280. The Morgan fingerprint density at radius 3 is 2.88 bits per heavy atom. The van der Waals surface area contributed by atoms with E-state index in [1.807, 2.05) is 49.4 Å². The Bertz CT molecular complexity index is 1280. The van der Waals surface area contributed by atoms with Crippen LogP contribution in [0.4, 0.5) is 9.52 Å². The van der Waals surface area contributed by atoms with E-state index in [1.54, 1.807) is 11.0 Å². The Balaban J connectivity index is 1.65. The van der Waals surface area contributed by atoms with Crippen molar-refractivity contribution in [3.8, 4) is 5.75 Å². The Hall–Kier alpha value is -3.03. The number of fused-ring (bicyclic) bond motifs is 2. The normalized spacial score (nSPS) is 16.0. The number of benzene rings is 3. The van der Waals surface area contributed by atoms with Gasteiger partial charge in [0, 0.05) is 6.61 Å². The summed E-state index contributed by atoms with van der Waals surface area (Å²) in [4.78, 5) is 20.2. The molecule has 0 bridgehead atoms. The third-order valence-electron chi connectivity index (χ3n) is 5.65. The Morgan fingerprint density at radius 2 is 2.09 bits per heavy atom. The molecule has 1 amide bonds. The molecular formula is C25H23FN2O3S. The van der Waals surface area contributed by atoms with E-state index in [-0.39, 0.29) is 17.5 Å². The fourth-order valence-corrected chi connectivity index (χ4v) is 5.13. The number of anilines is 1. The number of carbonyl (C=O) groups is 1. The summed E-state index contributed by atoms with van der Waals surface area (Å²) in [6.07, 6.45) is 1.75. The third-order valence-corrected chi connectivity index (χ3v) is 6.69. The fourth-order valence-electron chi connectivity index (χ4n) is 4.14. The van der Waals surface area contributed by atoms with Crippen molar-refractivity contribution in [3.05, 3.63) is 66.0 Å². The quantitative estimate of drug-likeness (QED) is 0.372. The summed E-state index contributed by atoms with van der Waals surface area (Å²) >= 11 is 1.31. The van der Waals surface area contributed by atoms with Crippen molar-refractivity contribution >= 4 is 43.4 Å². The standard InChI is InChI=1S/C25H23FN2O3S/c1-2-30-20-13-12-16-7-3-4-9-18(16)22(20)24(29)28(15-17-8-6-14-31-17)25-27-23-19(26)10-5-11-21(23)32-25/h3-5,7,9-13,17H,2,6,8,14-15H2,1H3. The molecular weight excluding hydrogens is 427 g/mol. The van der Waals surface area contributed by atoms with Crippen molar-refractivity contribution in [2.75, 3.05) is 24.7 Å². The first-order chi connectivity index (χ1) is 15.7. The first-order valence-electron chi connectivity index (χ1n) is 10.8. The molecule has 5 rings (SSSR count). The number of para-hydroxylation sites is 1. The van der Waals surface area contributed by atoms with Crippen LogP contribution >= 0.6 is 11.3 Å². The van der Waals surface area contributed by atoms with E-state index < -0.39 is 5.82 Å². The van der Waals surface area contributed by atoms with E-state index in [4.69, 9.17) is 9.47 Å². The highest BCUT2D eigenvalue weighted by Crippen LogP contribution is 2.35. The third kappa shape index (κ3) is 3.82. The number of carbonyl (C=O) groups excluding carboxylic acids is 1. The van der Waals surface area contributed by atoms with E-state index in [0.29, 0.717) is 40.9 Å². The maximum absolute atomic E-state index is 14.4. The number of aromatic nitrogens is 1. The molecule has 7 heteroatoms. The molecule has 1 fully saturated rings. The lowest BCUT2D eigenvalue weighted by atomic mass is 10.0. The number of hydrogen-bond donors (Lipinski definition) is 0. The van der Waals surface area contributed by atoms with E-state index in [0.717, 1.165) is 23.6 Å². The summed E-state index contributed by atoms with van der Waals surface area (Å²) in [6, 6.07) is 16.4. The topological polar surface area (TPSA) is 51.7 Å². The zero-order chi connectivity index (χ0) is 22.1. The predicted octanol–water partition coefficient (Wildman–Crippen LogP) is 5.81. The number of thiazole rings is 1. The van der Waals surface area contributed by atoms with Gasteiger partial charge in [-0.2, -0.15) is 0 Å². The largest absolute Gasteiger partial charge is 0.493 e. The van der Waals surface area contributed by atoms with Gasteiger partial charge in [-0.1, -0.05) is 47.7 Å². The van der Waals surface area contributed by atoms with Gasteiger partial charge in [0.15, 0.2) is 5.13 Å². The minimum absolute atomic E-state index is 0.0821. The van der Waals surface area contributed by atoms with Gasteiger partial charge in [0.1, 0.15) is 17.1 Å². The number of hydrogen-bond acceptors (Lipinski definition) is 5. The van der Waals surface area contributed by atoms with Gasteiger partial charge in [0.25, 0.3) is 5.91 Å². The Morgan fingerprint density at radius 1 is 1.22 bits per heavy atom. The van der Waals surface area contributed by atoms with Crippen LogP contribution in [-0.4, -0.2) is 36.8 Å². The number of amides is 1. The minimum Gasteiger partial charge on any atom is -0.493 e. The van der Waals surface area contributed by atoms with Gasteiger partial charge < -0.3 is 9.47 Å². The second-order valence-electron chi connectivity index (χ2n) is 7.73. The minimum atomic E-state index is -0.394. The van der Waals surface area contributed by atoms with Crippen LogP contribution in [0.3, 0.4) is 0 Å². The summed E-state index contributed by atoms with van der Waals surface area (Å²) in [5.74, 6) is -0.0873. The molecule has 1 aromatic heterocycles. The molecule has 1 aliphatic rings. The lowest BCUT2D eigenvalue weighted by Gasteiger charge is -2.24. The van der Waals surface area contributed by atoms with Gasteiger partial charge >= 0.3 is 0 Å². The molecule has 164 valence electrons. The summed E-state index contributed by atoms with van der Waals surface area (Å²) in [6.45, 7) is 3.37. The molecule has 4 aromatic rings. The average molecular weight is 451 g/mol. The lowest BCUT2D eigenvalue weighted by molar-refractivity contribution is 0.0916. The van der Waals surface area contributed by atoms with Crippen LogP contribution in [0.25, 0.3) is 21.0 Å². The summed E-state index contributed by atoms with van der Waals surface area (Å²) in [5.41, 5.74) is 0.767. The maximum atomic E-state index is 14.4. The number of halogens is 1. The molecule has 2 heterocycles. The zero-order valence-electron chi connectivity index (χ0n) is 17.7. The van der Waals surface area contributed by atoms with Gasteiger partial charge in [-0.15, -0.1) is 0 Å². The molecule has 3 aromatic carbocycles. The van der Waals surface area contributed by atoms with E-state index in [9.17, 15) is 9.18 Å². The van der Waals surface area contributed by atoms with Crippen molar-refractivity contribution < 1.29 is 18.7 Å². The number of nitrogens with zero attached hydrogens (tertiary/aromatic N) is 2. The van der Waals surface area contributed by atoms with Gasteiger partial charge in [0.2, 0.25) is 0 Å². The molecule has 1 aliphatic heterocycles. The second kappa shape index (κ2) is 8.84. The monoisotopic (exact) mass is 450 g/mol. The first kappa shape index (κ1) is 20.8. The Labute approximate surface area is 189 Å². The predicted molar refractivity (Wildman–Crippen MR) is 125 cm³/mol. The molecule has 1 unspecified atom stereocenters. The molecule has 0 saturated carbocycles. The van der Waals surface area contributed by atoms with Crippen molar-refractivity contribution in [2.24, 2.45) is 0 Å². The maximum Gasteiger partial charge on any atom is 0.264 e. The van der Waals surface area contributed by atoms with Gasteiger partial charge in [-0.05, 0) is 48.7 Å². The van der Waals surface area contributed by atoms with E-state index in [1.165, 1.54) is 17.4 Å². The van der Waals surface area contributed by atoms with Crippen LogP contribution in [0.15, 0.2) is 54.6 Å². The molecule has 0 aliphatic carbocycles. The van der Waals surface area contributed by atoms with Crippen LogP contribution in [0.1, 0.15) is 30.1 Å². The van der Waals surface area contributed by atoms with Gasteiger partial charge in [-0.25, -0.2) is 9.37 Å². The average Bonchev–Trinajstić information content (AvgIpc) is 3.47. The SMILES string of the molecule is CCOc1ccc2ccccc2c1C(=O)N(CC1CCCO1)c1nc2c(F)cccc2s1. The second-order valence-corrected chi connectivity index (χ2v) is 8.74. The molecule has 32 heavy (non-hydrogen) atoms. The van der Waals surface area contributed by atoms with Crippen LogP contribution < -0.4 is 9.64 Å². The number of ether oxygens (including phenoxy) is 2. The molecule has 1 saturated heterocycles. The summed E-state index contributed by atoms with van der Waals surface area (Å²) in [5, 5.41) is 2.22. The Kier molecular flexibility index (Phi) is 5.76. The molecule has 0 radical (unpaired) electrons. The zero-order valence-corrected chi connectivity index (χ0v) is 18.5. The van der Waals surface area contributed by atoms with Crippen molar-refractivity contribution in [1.82, 2.24) is 4.98 Å². The van der Waals surface area contributed by atoms with Crippen LogP contribution in [0.5, 0.6) is 5.75 Å². The smallest absolute Gasteiger partial charge is 0.264 e. The summed E-state index contributed by atoms with van der Waals surface area (Å²) in [7, 11) is 0. The number of rotatable bonds is 6. The molecule has 1 atom stereocenters. The molecule has 5 nitrogen and oxygen atoms in total. The van der Waals surface area contributed by atoms with Gasteiger partial charge in [0.05, 0.1) is 29.5 Å². The van der Waals surface area contributed by atoms with Crippen LogP contribution in [0.2, 0.25) is 0 Å². The lowest BCUT2D eigenvalue weighted by Crippen LogP contribution is -2.37. The molecule has 0 spiro atoms. The van der Waals surface area contributed by atoms with Crippen LogP contribution in [0, 0.1) is 5.82 Å². The van der Waals surface area contributed by atoms with E-state index >= 15 is 0 Å². The van der Waals surface area contributed by atoms with Crippen molar-refractivity contribution in [3.63, 3.8) is 0 Å². The van der Waals surface area contributed by atoms with Gasteiger partial charge in [-0.3, -0.25) is 9.69 Å². The molecule has 0 N–H and O–H groups in total. The highest BCUT2D eigenvalue weighted by molar-refractivity contribution is 7.22. The highest BCUT2D eigenvalue weighted by atomic mass is 32.1. The van der Waals surface area contributed by atoms with Crippen LogP contribution in [-0.2, 0) is 4.74 Å². The van der Waals surface area contributed by atoms with E-state index in [2.05, 4.69) is 4.98 Å². The summed E-state index contributed by atoms with van der Waals surface area (Å²) < 4.78 is 26.7. The van der Waals surface area contributed by atoms with Crippen molar-refractivity contribution in [2.45, 2.75) is 25.9 Å². The van der Waals surface area contributed by atoms with Crippen molar-refractivity contribution in [1.29, 1.82) is 0 Å². The highest BCUT2D eigenvalue weighted by Gasteiger charge is 2.30.